The van der Waals surface area contributed by atoms with Gasteiger partial charge in [-0.2, -0.15) is 0 Å². The molecule has 2 rings (SSSR count). The lowest BCUT2D eigenvalue weighted by atomic mass is 10.0. The van der Waals surface area contributed by atoms with Crippen LogP contribution in [0.15, 0.2) is 0 Å². The summed E-state index contributed by atoms with van der Waals surface area (Å²) in [6.07, 6.45) is 8.58. The number of carbonyl (C=O) groups is 1. The van der Waals surface area contributed by atoms with Gasteiger partial charge in [0, 0.05) is 31.7 Å². The van der Waals surface area contributed by atoms with Crippen molar-refractivity contribution >= 4 is 5.91 Å². The zero-order chi connectivity index (χ0) is 15.1. The van der Waals surface area contributed by atoms with Crippen molar-refractivity contribution in [2.24, 2.45) is 0 Å². The van der Waals surface area contributed by atoms with Gasteiger partial charge in [-0.3, -0.25) is 9.69 Å². The van der Waals surface area contributed by atoms with Gasteiger partial charge in [0.1, 0.15) is 0 Å². The van der Waals surface area contributed by atoms with Gasteiger partial charge in [-0.25, -0.2) is 0 Å². The maximum absolute atomic E-state index is 12.6. The highest BCUT2D eigenvalue weighted by molar-refractivity contribution is 5.78. The van der Waals surface area contributed by atoms with Gasteiger partial charge in [-0.05, 0) is 45.1 Å². The molecule has 0 spiro atoms. The maximum atomic E-state index is 12.6. The molecule has 0 aromatic carbocycles. The molecule has 1 atom stereocenters. The van der Waals surface area contributed by atoms with Gasteiger partial charge in [0.25, 0.3) is 0 Å². The Hall–Kier alpha value is -0.610. The lowest BCUT2D eigenvalue weighted by Crippen LogP contribution is -2.48. The van der Waals surface area contributed by atoms with E-state index in [1.54, 1.807) is 0 Å². The zero-order valence-corrected chi connectivity index (χ0v) is 13.9. The topological polar surface area (TPSA) is 35.6 Å². The van der Waals surface area contributed by atoms with E-state index in [-0.39, 0.29) is 0 Å². The molecule has 1 heterocycles. The van der Waals surface area contributed by atoms with Crippen molar-refractivity contribution in [1.29, 1.82) is 0 Å². The Morgan fingerprint density at radius 2 is 1.81 bits per heavy atom. The average Bonchev–Trinajstić information content (AvgIpc) is 3.32. The van der Waals surface area contributed by atoms with Crippen LogP contribution in [0.3, 0.4) is 0 Å². The van der Waals surface area contributed by atoms with Gasteiger partial charge >= 0.3 is 0 Å². The number of rotatable bonds is 9. The number of amides is 1. The molecule has 0 aromatic rings. The fourth-order valence-electron chi connectivity index (χ4n) is 3.32. The number of nitrogens with zero attached hydrogens (tertiary/aromatic N) is 2. The molecule has 0 radical (unpaired) electrons. The van der Waals surface area contributed by atoms with Crippen molar-refractivity contribution in [1.82, 2.24) is 15.1 Å². The van der Waals surface area contributed by atoms with E-state index in [0.29, 0.717) is 24.5 Å². The summed E-state index contributed by atoms with van der Waals surface area (Å²) >= 11 is 0. The molecule has 122 valence electrons. The van der Waals surface area contributed by atoms with Crippen LogP contribution in [0.2, 0.25) is 0 Å². The predicted octanol–water partition coefficient (Wildman–Crippen LogP) is 2.24. The van der Waals surface area contributed by atoms with E-state index in [1.165, 1.54) is 32.1 Å². The molecule has 4 nitrogen and oxygen atoms in total. The van der Waals surface area contributed by atoms with Crippen LogP contribution in [0.4, 0.5) is 0 Å². The van der Waals surface area contributed by atoms with Crippen LogP contribution in [0.5, 0.6) is 0 Å². The second-order valence-electron chi connectivity index (χ2n) is 6.69. The Labute approximate surface area is 130 Å². The lowest BCUT2D eigenvalue weighted by molar-refractivity contribution is -0.132. The molecule has 2 aliphatic rings. The summed E-state index contributed by atoms with van der Waals surface area (Å²) in [4.78, 5) is 17.1. The highest BCUT2D eigenvalue weighted by atomic mass is 16.2. The van der Waals surface area contributed by atoms with Crippen molar-refractivity contribution in [3.05, 3.63) is 0 Å². The summed E-state index contributed by atoms with van der Waals surface area (Å²) in [7, 11) is 0. The summed E-state index contributed by atoms with van der Waals surface area (Å²) in [5, 5.41) is 3.62. The monoisotopic (exact) mass is 295 g/mol. The first kappa shape index (κ1) is 16.8. The van der Waals surface area contributed by atoms with Gasteiger partial charge in [0.15, 0.2) is 0 Å². The molecular weight excluding hydrogens is 262 g/mol. The van der Waals surface area contributed by atoms with Crippen molar-refractivity contribution < 1.29 is 4.79 Å². The third-order valence-electron chi connectivity index (χ3n) is 4.61. The van der Waals surface area contributed by atoms with E-state index >= 15 is 0 Å². The van der Waals surface area contributed by atoms with E-state index in [9.17, 15) is 4.79 Å². The van der Waals surface area contributed by atoms with Crippen LogP contribution in [-0.2, 0) is 4.79 Å². The summed E-state index contributed by atoms with van der Waals surface area (Å²) in [5.74, 6) is 0.335. The molecule has 1 N–H and O–H groups in total. The van der Waals surface area contributed by atoms with Crippen molar-refractivity contribution in [3.63, 3.8) is 0 Å². The van der Waals surface area contributed by atoms with Gasteiger partial charge in [-0.1, -0.05) is 20.3 Å². The minimum atomic E-state index is 0.335. The Morgan fingerprint density at radius 1 is 1.10 bits per heavy atom. The third-order valence-corrected chi connectivity index (χ3v) is 4.61. The van der Waals surface area contributed by atoms with Crippen molar-refractivity contribution in [2.75, 3.05) is 32.7 Å². The Balaban J connectivity index is 1.84. The first-order chi connectivity index (χ1) is 10.2. The van der Waals surface area contributed by atoms with Gasteiger partial charge in [0.2, 0.25) is 5.91 Å². The Bertz CT molecular complexity index is 305. The molecule has 0 bridgehead atoms. The number of nitrogens with one attached hydrogen (secondary N) is 1. The van der Waals surface area contributed by atoms with Crippen LogP contribution >= 0.6 is 0 Å². The fraction of sp³-hybridized carbons (Fsp3) is 0.941. The van der Waals surface area contributed by atoms with Gasteiger partial charge in [-0.15, -0.1) is 0 Å². The Morgan fingerprint density at radius 3 is 2.33 bits per heavy atom. The van der Waals surface area contributed by atoms with Gasteiger partial charge < -0.3 is 10.2 Å². The van der Waals surface area contributed by atoms with Crippen LogP contribution in [0, 0.1) is 0 Å². The zero-order valence-electron chi connectivity index (χ0n) is 13.9. The van der Waals surface area contributed by atoms with E-state index < -0.39 is 0 Å². The van der Waals surface area contributed by atoms with Crippen LogP contribution in [-0.4, -0.2) is 60.5 Å². The molecule has 1 aliphatic carbocycles. The molecule has 1 amide bonds. The second kappa shape index (κ2) is 8.74. The highest BCUT2D eigenvalue weighted by Gasteiger charge is 2.32. The van der Waals surface area contributed by atoms with Crippen LogP contribution < -0.4 is 5.32 Å². The highest BCUT2D eigenvalue weighted by Crippen LogP contribution is 2.27. The average molecular weight is 295 g/mol. The van der Waals surface area contributed by atoms with Crippen LogP contribution in [0.25, 0.3) is 0 Å². The smallest absolute Gasteiger partial charge is 0.236 e. The molecule has 1 unspecified atom stereocenters. The first-order valence-electron chi connectivity index (χ1n) is 8.99. The van der Waals surface area contributed by atoms with E-state index in [2.05, 4.69) is 29.0 Å². The maximum Gasteiger partial charge on any atom is 0.236 e. The summed E-state index contributed by atoms with van der Waals surface area (Å²) < 4.78 is 0. The first-order valence-corrected chi connectivity index (χ1v) is 8.99. The van der Waals surface area contributed by atoms with Crippen molar-refractivity contribution in [3.8, 4) is 0 Å². The molecule has 21 heavy (non-hydrogen) atoms. The number of hydrogen-bond donors (Lipinski definition) is 1. The molecule has 4 heteroatoms. The lowest BCUT2D eigenvalue weighted by Gasteiger charge is -2.32. The number of hydrogen-bond acceptors (Lipinski definition) is 3. The minimum absolute atomic E-state index is 0.335. The summed E-state index contributed by atoms with van der Waals surface area (Å²) in [6.45, 7) is 8.96. The quantitative estimate of drug-likeness (QED) is 0.708. The minimum Gasteiger partial charge on any atom is -0.342 e. The molecular formula is C17H33N3O. The fourth-order valence-corrected chi connectivity index (χ4v) is 3.32. The SMILES string of the molecule is CCCN(CCC)C(=O)CN(CC1CCCCN1)C1CC1. The van der Waals surface area contributed by atoms with E-state index in [4.69, 9.17) is 0 Å². The molecule has 0 aromatic heterocycles. The van der Waals surface area contributed by atoms with E-state index in [0.717, 1.165) is 39.0 Å². The Kier molecular flexibility index (Phi) is 6.97. The molecule has 2 fully saturated rings. The van der Waals surface area contributed by atoms with Gasteiger partial charge in [0.05, 0.1) is 6.54 Å². The predicted molar refractivity (Wildman–Crippen MR) is 87.4 cm³/mol. The third kappa shape index (κ3) is 5.59. The molecule has 1 saturated carbocycles. The second-order valence-corrected chi connectivity index (χ2v) is 6.69. The van der Waals surface area contributed by atoms with Crippen molar-refractivity contribution in [2.45, 2.75) is 70.9 Å². The van der Waals surface area contributed by atoms with Crippen LogP contribution in [0.1, 0.15) is 58.8 Å². The van der Waals surface area contributed by atoms with E-state index in [1.807, 2.05) is 0 Å². The number of carbonyl (C=O) groups excluding carboxylic acids is 1. The normalized spacial score (nSPS) is 22.5. The largest absolute Gasteiger partial charge is 0.342 e. The molecule has 1 aliphatic heterocycles. The molecule has 1 saturated heterocycles. The summed E-state index contributed by atoms with van der Waals surface area (Å²) in [6, 6.07) is 1.26. The standard InChI is InChI=1S/C17H33N3O/c1-3-11-19(12-4-2)17(21)14-20(16-8-9-16)13-15-7-5-6-10-18-15/h15-16,18H,3-14H2,1-2H3. The number of piperidine rings is 1. The summed E-state index contributed by atoms with van der Waals surface area (Å²) in [5.41, 5.74) is 0.